The van der Waals surface area contributed by atoms with E-state index in [0.717, 1.165) is 0 Å². The smallest absolute Gasteiger partial charge is 0.270 e. The number of aromatic nitrogens is 1. The summed E-state index contributed by atoms with van der Waals surface area (Å²) in [5.41, 5.74) is 0.496. The second-order valence-electron chi connectivity index (χ2n) is 5.00. The average molecular weight is 278 g/mol. The summed E-state index contributed by atoms with van der Waals surface area (Å²) in [6, 6.07) is 3.63. The number of rotatable bonds is 4. The zero-order valence-electron chi connectivity index (χ0n) is 10.5. The molecule has 3 rings (SSSR count). The van der Waals surface area contributed by atoms with Gasteiger partial charge in [-0.25, -0.2) is 4.98 Å². The van der Waals surface area contributed by atoms with E-state index in [4.69, 9.17) is 9.15 Å². The van der Waals surface area contributed by atoms with Gasteiger partial charge in [0.15, 0.2) is 10.8 Å². The number of ether oxygens (including phenoxy) is 1. The van der Waals surface area contributed by atoms with Crippen LogP contribution in [-0.4, -0.2) is 30.6 Å². The summed E-state index contributed by atoms with van der Waals surface area (Å²) < 4.78 is 10.4. The molecule has 2 aromatic heterocycles. The van der Waals surface area contributed by atoms with Crippen LogP contribution < -0.4 is 5.32 Å². The molecule has 5 nitrogen and oxygen atoms in total. The molecule has 1 fully saturated rings. The third kappa shape index (κ3) is 2.54. The van der Waals surface area contributed by atoms with E-state index >= 15 is 0 Å². The van der Waals surface area contributed by atoms with Crippen molar-refractivity contribution < 1.29 is 13.9 Å². The third-order valence-corrected chi connectivity index (χ3v) is 3.90. The number of furan rings is 1. The number of carbonyl (C=O) groups is 1. The molecule has 6 heteroatoms. The first-order chi connectivity index (χ1) is 9.16. The van der Waals surface area contributed by atoms with Crippen molar-refractivity contribution in [1.29, 1.82) is 0 Å². The Kier molecular flexibility index (Phi) is 3.12. The highest BCUT2D eigenvalue weighted by atomic mass is 32.1. The Labute approximate surface area is 114 Å². The van der Waals surface area contributed by atoms with Crippen LogP contribution >= 0.6 is 11.3 Å². The molecule has 0 bridgehead atoms. The maximum atomic E-state index is 12.0. The summed E-state index contributed by atoms with van der Waals surface area (Å²) >= 11 is 1.40. The topological polar surface area (TPSA) is 64.4 Å². The van der Waals surface area contributed by atoms with Gasteiger partial charge in [-0.15, -0.1) is 11.3 Å². The van der Waals surface area contributed by atoms with Gasteiger partial charge in [0.1, 0.15) is 5.69 Å². The van der Waals surface area contributed by atoms with Crippen LogP contribution in [0.5, 0.6) is 0 Å². The van der Waals surface area contributed by atoms with E-state index in [1.165, 1.54) is 11.3 Å². The van der Waals surface area contributed by atoms with Crippen molar-refractivity contribution >= 4 is 17.2 Å². The predicted molar refractivity (Wildman–Crippen MR) is 71.1 cm³/mol. The summed E-state index contributed by atoms with van der Waals surface area (Å²) in [5.74, 6) is 0.533. The van der Waals surface area contributed by atoms with Crippen molar-refractivity contribution in [3.63, 3.8) is 0 Å². The molecular formula is C13H14N2O3S. The zero-order valence-corrected chi connectivity index (χ0v) is 11.3. The van der Waals surface area contributed by atoms with Crippen molar-refractivity contribution in [1.82, 2.24) is 10.3 Å². The fourth-order valence-electron chi connectivity index (χ4n) is 1.83. The van der Waals surface area contributed by atoms with Crippen LogP contribution in [0.1, 0.15) is 17.4 Å². The molecule has 1 amide bonds. The highest BCUT2D eigenvalue weighted by molar-refractivity contribution is 7.13. The maximum absolute atomic E-state index is 12.0. The van der Waals surface area contributed by atoms with Gasteiger partial charge < -0.3 is 14.5 Å². The molecule has 1 N–H and O–H groups in total. The Morgan fingerprint density at radius 3 is 3.05 bits per heavy atom. The standard InChI is InChI=1S/C13H14N2O3S/c1-13(7-17-8-13)6-14-11(16)9-5-19-12(15-9)10-3-2-4-18-10/h2-5H,6-8H2,1H3,(H,14,16). The van der Waals surface area contributed by atoms with Crippen LogP contribution in [0.4, 0.5) is 0 Å². The van der Waals surface area contributed by atoms with Gasteiger partial charge in [0.05, 0.1) is 19.5 Å². The minimum Gasteiger partial charge on any atom is -0.462 e. The van der Waals surface area contributed by atoms with Crippen LogP contribution in [0.15, 0.2) is 28.2 Å². The lowest BCUT2D eigenvalue weighted by Gasteiger charge is -2.37. The van der Waals surface area contributed by atoms with Crippen molar-refractivity contribution in [2.24, 2.45) is 5.41 Å². The summed E-state index contributed by atoms with van der Waals surface area (Å²) in [5, 5.41) is 5.35. The summed E-state index contributed by atoms with van der Waals surface area (Å²) in [6.45, 7) is 4.09. The fraction of sp³-hybridized carbons (Fsp3) is 0.385. The van der Waals surface area contributed by atoms with Gasteiger partial charge in [-0.05, 0) is 12.1 Å². The molecule has 1 saturated heterocycles. The summed E-state index contributed by atoms with van der Waals surface area (Å²) in [6.07, 6.45) is 1.59. The van der Waals surface area contributed by atoms with Gasteiger partial charge in [-0.1, -0.05) is 6.92 Å². The van der Waals surface area contributed by atoms with E-state index in [-0.39, 0.29) is 11.3 Å². The number of nitrogens with one attached hydrogen (secondary N) is 1. The van der Waals surface area contributed by atoms with Crippen LogP contribution in [0, 0.1) is 5.41 Å². The van der Waals surface area contributed by atoms with Crippen molar-refractivity contribution in [2.75, 3.05) is 19.8 Å². The first kappa shape index (κ1) is 12.4. The van der Waals surface area contributed by atoms with Crippen LogP contribution in [0.3, 0.4) is 0 Å². The quantitative estimate of drug-likeness (QED) is 0.931. The molecule has 3 heterocycles. The lowest BCUT2D eigenvalue weighted by Crippen LogP contribution is -2.48. The molecule has 0 unspecified atom stereocenters. The number of nitrogens with zero attached hydrogens (tertiary/aromatic N) is 1. The zero-order chi connectivity index (χ0) is 13.3. The second-order valence-corrected chi connectivity index (χ2v) is 5.86. The Hall–Kier alpha value is -1.66. The Morgan fingerprint density at radius 2 is 2.42 bits per heavy atom. The number of hydrogen-bond acceptors (Lipinski definition) is 5. The van der Waals surface area contributed by atoms with Crippen molar-refractivity contribution in [3.05, 3.63) is 29.5 Å². The first-order valence-electron chi connectivity index (χ1n) is 6.02. The van der Waals surface area contributed by atoms with E-state index in [0.29, 0.717) is 36.2 Å². The third-order valence-electron chi connectivity index (χ3n) is 3.05. The Morgan fingerprint density at radius 1 is 1.58 bits per heavy atom. The van der Waals surface area contributed by atoms with Gasteiger partial charge in [0.25, 0.3) is 5.91 Å². The number of carbonyl (C=O) groups excluding carboxylic acids is 1. The SMILES string of the molecule is CC1(CNC(=O)c2csc(-c3ccco3)n2)COC1. The molecule has 0 radical (unpaired) electrons. The Bertz CT molecular complexity index is 572. The summed E-state index contributed by atoms with van der Waals surface area (Å²) in [7, 11) is 0. The van der Waals surface area contributed by atoms with Gasteiger partial charge in [-0.3, -0.25) is 4.79 Å². The van der Waals surface area contributed by atoms with Crippen LogP contribution in [-0.2, 0) is 4.74 Å². The molecular weight excluding hydrogens is 264 g/mol. The molecule has 1 aliphatic rings. The molecule has 1 aliphatic heterocycles. The van der Waals surface area contributed by atoms with Gasteiger partial charge in [0.2, 0.25) is 0 Å². The molecule has 0 aliphatic carbocycles. The van der Waals surface area contributed by atoms with E-state index in [9.17, 15) is 4.79 Å². The average Bonchev–Trinajstić information content (AvgIpc) is 3.02. The molecule has 0 saturated carbocycles. The lowest BCUT2D eigenvalue weighted by atomic mass is 9.89. The van der Waals surface area contributed by atoms with Crippen molar-refractivity contribution in [2.45, 2.75) is 6.92 Å². The van der Waals surface area contributed by atoms with Gasteiger partial charge in [0, 0.05) is 17.3 Å². The van der Waals surface area contributed by atoms with E-state index in [1.807, 2.05) is 6.07 Å². The minimum absolute atomic E-state index is 0.0650. The number of hydrogen-bond donors (Lipinski definition) is 1. The molecule has 19 heavy (non-hydrogen) atoms. The fourth-order valence-corrected chi connectivity index (χ4v) is 2.59. The van der Waals surface area contributed by atoms with Gasteiger partial charge in [-0.2, -0.15) is 0 Å². The number of amides is 1. The predicted octanol–water partition coefficient (Wildman–Crippen LogP) is 2.17. The normalized spacial score (nSPS) is 16.9. The highest BCUT2D eigenvalue weighted by Gasteiger charge is 2.33. The Balaban J connectivity index is 1.64. The van der Waals surface area contributed by atoms with Crippen LogP contribution in [0.2, 0.25) is 0 Å². The van der Waals surface area contributed by atoms with Gasteiger partial charge >= 0.3 is 0 Å². The monoisotopic (exact) mass is 278 g/mol. The second kappa shape index (κ2) is 4.79. The minimum atomic E-state index is -0.151. The first-order valence-corrected chi connectivity index (χ1v) is 6.90. The summed E-state index contributed by atoms with van der Waals surface area (Å²) in [4.78, 5) is 16.3. The highest BCUT2D eigenvalue weighted by Crippen LogP contribution is 2.26. The van der Waals surface area contributed by atoms with E-state index in [2.05, 4.69) is 17.2 Å². The maximum Gasteiger partial charge on any atom is 0.270 e. The lowest BCUT2D eigenvalue weighted by molar-refractivity contribution is -0.0978. The van der Waals surface area contributed by atoms with Crippen molar-refractivity contribution in [3.8, 4) is 10.8 Å². The van der Waals surface area contributed by atoms with Crippen LogP contribution in [0.25, 0.3) is 10.8 Å². The van der Waals surface area contributed by atoms with E-state index in [1.54, 1.807) is 17.7 Å². The molecule has 0 aromatic carbocycles. The largest absolute Gasteiger partial charge is 0.462 e. The molecule has 0 spiro atoms. The number of thiazole rings is 1. The molecule has 2 aromatic rings. The molecule has 100 valence electrons. The van der Waals surface area contributed by atoms with E-state index < -0.39 is 0 Å². The molecule has 0 atom stereocenters.